The highest BCUT2D eigenvalue weighted by molar-refractivity contribution is 5.81. The summed E-state index contributed by atoms with van der Waals surface area (Å²) in [5.41, 5.74) is 1.70. The molecule has 1 aromatic carbocycles. The van der Waals surface area contributed by atoms with Gasteiger partial charge in [0.1, 0.15) is 5.75 Å². The molecule has 1 aromatic heterocycles. The predicted molar refractivity (Wildman–Crippen MR) is 55.9 cm³/mol. The summed E-state index contributed by atoms with van der Waals surface area (Å²) in [4.78, 5) is 13.5. The number of hydrogen-bond donors (Lipinski definition) is 3. The molecule has 15 heavy (non-hydrogen) atoms. The number of aromatic nitrogens is 1. The highest BCUT2D eigenvalue weighted by Gasteiger charge is 2.03. The lowest BCUT2D eigenvalue weighted by atomic mass is 10.2. The van der Waals surface area contributed by atoms with E-state index in [1.165, 1.54) is 0 Å². The van der Waals surface area contributed by atoms with Crippen LogP contribution in [0, 0.1) is 0 Å². The van der Waals surface area contributed by atoms with E-state index in [9.17, 15) is 9.90 Å². The minimum atomic E-state index is -0.809. The van der Waals surface area contributed by atoms with Gasteiger partial charge in [0, 0.05) is 17.3 Å². The van der Waals surface area contributed by atoms with Crippen LogP contribution in [0.1, 0.15) is 12.1 Å². The van der Waals surface area contributed by atoms with Crippen molar-refractivity contribution in [2.75, 3.05) is 0 Å². The van der Waals surface area contributed by atoms with Gasteiger partial charge < -0.3 is 15.2 Å². The second-order valence-corrected chi connectivity index (χ2v) is 3.46. The van der Waals surface area contributed by atoms with Crippen molar-refractivity contribution in [1.82, 2.24) is 4.98 Å². The molecule has 0 amide bonds. The fraction of sp³-hybridized carbons (Fsp3) is 0.182. The second kappa shape index (κ2) is 3.65. The van der Waals surface area contributed by atoms with E-state index in [0.29, 0.717) is 6.42 Å². The number of aryl methyl sites for hydroxylation is 1. The number of phenols is 1. The van der Waals surface area contributed by atoms with Crippen molar-refractivity contribution in [3.8, 4) is 5.75 Å². The number of fused-ring (bicyclic) bond motifs is 1. The number of carboxylic acid groups (broad SMARTS) is 1. The molecule has 0 radical (unpaired) electrons. The molecule has 0 fully saturated rings. The third kappa shape index (κ3) is 2.10. The number of aromatic hydroxyl groups is 1. The van der Waals surface area contributed by atoms with Crippen LogP contribution < -0.4 is 0 Å². The Labute approximate surface area is 86.2 Å². The summed E-state index contributed by atoms with van der Waals surface area (Å²) in [6.45, 7) is 0. The van der Waals surface area contributed by atoms with Gasteiger partial charge in [0.25, 0.3) is 0 Å². The van der Waals surface area contributed by atoms with Crippen molar-refractivity contribution in [2.45, 2.75) is 12.8 Å². The zero-order chi connectivity index (χ0) is 10.8. The van der Waals surface area contributed by atoms with E-state index in [0.717, 1.165) is 16.6 Å². The Bertz CT molecular complexity index is 502. The zero-order valence-electron chi connectivity index (χ0n) is 8.03. The molecule has 0 unspecified atom stereocenters. The lowest BCUT2D eigenvalue weighted by molar-refractivity contribution is -0.136. The molecule has 0 spiro atoms. The molecular formula is C11H11NO3. The molecule has 0 aliphatic rings. The van der Waals surface area contributed by atoms with E-state index in [-0.39, 0.29) is 12.2 Å². The smallest absolute Gasteiger partial charge is 0.303 e. The van der Waals surface area contributed by atoms with E-state index < -0.39 is 5.97 Å². The zero-order valence-corrected chi connectivity index (χ0v) is 8.03. The molecule has 0 aliphatic heterocycles. The van der Waals surface area contributed by atoms with Crippen LogP contribution in [0.3, 0.4) is 0 Å². The first kappa shape index (κ1) is 9.58. The van der Waals surface area contributed by atoms with E-state index in [1.807, 2.05) is 6.07 Å². The van der Waals surface area contributed by atoms with Gasteiger partial charge in [0.05, 0.1) is 6.42 Å². The molecule has 0 bridgehead atoms. The Morgan fingerprint density at radius 1 is 1.33 bits per heavy atom. The Morgan fingerprint density at radius 3 is 2.87 bits per heavy atom. The van der Waals surface area contributed by atoms with E-state index in [2.05, 4.69) is 4.98 Å². The Balaban J connectivity index is 2.27. The number of aromatic amines is 1. The molecular weight excluding hydrogens is 194 g/mol. The first-order valence-electron chi connectivity index (χ1n) is 4.67. The molecule has 78 valence electrons. The summed E-state index contributed by atoms with van der Waals surface area (Å²) in [5.74, 6) is -0.606. The molecule has 4 heteroatoms. The van der Waals surface area contributed by atoms with Crippen molar-refractivity contribution in [1.29, 1.82) is 0 Å². The van der Waals surface area contributed by atoms with Crippen LogP contribution >= 0.6 is 0 Å². The third-order valence-electron chi connectivity index (χ3n) is 2.27. The van der Waals surface area contributed by atoms with Gasteiger partial charge >= 0.3 is 5.97 Å². The van der Waals surface area contributed by atoms with E-state index in [4.69, 9.17) is 5.11 Å². The Kier molecular flexibility index (Phi) is 2.33. The average molecular weight is 205 g/mol. The number of benzene rings is 1. The van der Waals surface area contributed by atoms with Gasteiger partial charge in [-0.1, -0.05) is 0 Å². The van der Waals surface area contributed by atoms with Crippen molar-refractivity contribution >= 4 is 16.9 Å². The van der Waals surface area contributed by atoms with Crippen LogP contribution in [0.4, 0.5) is 0 Å². The highest BCUT2D eigenvalue weighted by Crippen LogP contribution is 2.20. The van der Waals surface area contributed by atoms with Crippen molar-refractivity contribution < 1.29 is 15.0 Å². The third-order valence-corrected chi connectivity index (χ3v) is 2.27. The van der Waals surface area contributed by atoms with Crippen LogP contribution in [0.15, 0.2) is 24.3 Å². The first-order chi connectivity index (χ1) is 7.15. The minimum absolute atomic E-state index is 0.110. The van der Waals surface area contributed by atoms with E-state index in [1.54, 1.807) is 18.2 Å². The summed E-state index contributed by atoms with van der Waals surface area (Å²) < 4.78 is 0. The number of aliphatic carboxylic acids is 1. The van der Waals surface area contributed by atoms with Gasteiger partial charge in [-0.05, 0) is 30.0 Å². The maximum Gasteiger partial charge on any atom is 0.303 e. The molecule has 1 heterocycles. The summed E-state index contributed by atoms with van der Waals surface area (Å²) >= 11 is 0. The number of H-pyrrole nitrogens is 1. The van der Waals surface area contributed by atoms with Crippen LogP contribution in [0.5, 0.6) is 5.75 Å². The molecule has 4 nitrogen and oxygen atoms in total. The van der Waals surface area contributed by atoms with Gasteiger partial charge in [0.2, 0.25) is 0 Å². The van der Waals surface area contributed by atoms with Gasteiger partial charge in [0.15, 0.2) is 0 Å². The first-order valence-corrected chi connectivity index (χ1v) is 4.67. The maximum atomic E-state index is 10.4. The normalized spacial score (nSPS) is 10.7. The monoisotopic (exact) mass is 205 g/mol. The molecule has 0 saturated heterocycles. The van der Waals surface area contributed by atoms with Crippen molar-refractivity contribution in [3.63, 3.8) is 0 Å². The van der Waals surface area contributed by atoms with Crippen LogP contribution in [0.25, 0.3) is 10.9 Å². The largest absolute Gasteiger partial charge is 0.508 e. The van der Waals surface area contributed by atoms with Gasteiger partial charge in [-0.15, -0.1) is 0 Å². The number of nitrogens with one attached hydrogen (secondary N) is 1. The predicted octanol–water partition coefficient (Wildman–Crippen LogP) is 1.89. The van der Waals surface area contributed by atoms with E-state index >= 15 is 0 Å². The summed E-state index contributed by atoms with van der Waals surface area (Å²) in [7, 11) is 0. The SMILES string of the molecule is O=C(O)CCc1cc2ccc(O)cc2[nH]1. The van der Waals surface area contributed by atoms with Crippen molar-refractivity contribution in [2.24, 2.45) is 0 Å². The van der Waals surface area contributed by atoms with Crippen molar-refractivity contribution in [3.05, 3.63) is 30.0 Å². The second-order valence-electron chi connectivity index (χ2n) is 3.46. The summed E-state index contributed by atoms with van der Waals surface area (Å²) in [6, 6.07) is 6.93. The van der Waals surface area contributed by atoms with Gasteiger partial charge in [-0.3, -0.25) is 4.79 Å². The Morgan fingerprint density at radius 2 is 2.13 bits per heavy atom. The average Bonchev–Trinajstić information content (AvgIpc) is 2.56. The van der Waals surface area contributed by atoms with Gasteiger partial charge in [-0.25, -0.2) is 0 Å². The number of carbonyl (C=O) groups is 1. The van der Waals surface area contributed by atoms with Crippen LogP contribution in [-0.2, 0) is 11.2 Å². The van der Waals surface area contributed by atoms with Crippen LogP contribution in [-0.4, -0.2) is 21.2 Å². The summed E-state index contributed by atoms with van der Waals surface area (Å²) in [6.07, 6.45) is 0.587. The lowest BCUT2D eigenvalue weighted by Gasteiger charge is -1.92. The molecule has 2 rings (SSSR count). The summed E-state index contributed by atoms with van der Waals surface area (Å²) in [5, 5.41) is 18.8. The van der Waals surface area contributed by atoms with Crippen LogP contribution in [0.2, 0.25) is 0 Å². The lowest BCUT2D eigenvalue weighted by Crippen LogP contribution is -1.97. The quantitative estimate of drug-likeness (QED) is 0.716. The molecule has 2 aromatic rings. The topological polar surface area (TPSA) is 73.3 Å². The Hall–Kier alpha value is -1.97. The molecule has 0 atom stereocenters. The number of hydrogen-bond acceptors (Lipinski definition) is 2. The number of rotatable bonds is 3. The van der Waals surface area contributed by atoms with Gasteiger partial charge in [-0.2, -0.15) is 0 Å². The number of carboxylic acids is 1. The molecule has 3 N–H and O–H groups in total. The minimum Gasteiger partial charge on any atom is -0.508 e. The fourth-order valence-electron chi connectivity index (χ4n) is 1.55. The maximum absolute atomic E-state index is 10.4. The number of phenolic OH excluding ortho intramolecular Hbond substituents is 1. The molecule has 0 saturated carbocycles. The highest BCUT2D eigenvalue weighted by atomic mass is 16.4. The standard InChI is InChI=1S/C11H11NO3/c13-9-3-1-7-5-8(2-4-11(14)15)12-10(7)6-9/h1,3,5-6,12-13H,2,4H2,(H,14,15). The fourth-order valence-corrected chi connectivity index (χ4v) is 1.55. The molecule has 0 aliphatic carbocycles.